The van der Waals surface area contributed by atoms with Gasteiger partial charge in [0.2, 0.25) is 0 Å². The average Bonchev–Trinajstić information content (AvgIpc) is 3.49. The van der Waals surface area contributed by atoms with Crippen molar-refractivity contribution in [2.45, 2.75) is 31.9 Å². The highest BCUT2D eigenvalue weighted by molar-refractivity contribution is 7.11. The number of carboxylic acids is 2. The van der Waals surface area contributed by atoms with E-state index in [9.17, 15) is 26.3 Å². The molecule has 2 aromatic heterocycles. The number of carbonyl (C=O) groups is 2. The van der Waals surface area contributed by atoms with Crippen molar-refractivity contribution in [2.24, 2.45) is 11.8 Å². The Balaban J connectivity index is 0.000000286. The summed E-state index contributed by atoms with van der Waals surface area (Å²) in [5, 5.41) is 17.7. The van der Waals surface area contributed by atoms with E-state index in [0.717, 1.165) is 38.6 Å². The number of rotatable bonds is 5. The first-order valence-corrected chi connectivity index (χ1v) is 11.6. The fourth-order valence-electron chi connectivity index (χ4n) is 3.71. The Bertz CT molecular complexity index is 994. The number of likely N-dealkylation sites (tertiary alicyclic amines) is 1. The predicted octanol–water partition coefficient (Wildman–Crippen LogP) is 4.28. The summed E-state index contributed by atoms with van der Waals surface area (Å²) in [5.74, 6) is -3.33. The normalized spacial score (nSPS) is 21.2. The Kier molecular flexibility index (Phi) is 10.7. The molecule has 4 rings (SSSR count). The van der Waals surface area contributed by atoms with Crippen molar-refractivity contribution >= 4 is 29.1 Å². The summed E-state index contributed by atoms with van der Waals surface area (Å²) in [5.41, 5.74) is 0. The molecule has 3 N–H and O–H groups in total. The molecule has 2 aromatic rings. The second-order valence-electron chi connectivity index (χ2n) is 8.20. The average molecular weight is 558 g/mol. The molecule has 3 atom stereocenters. The van der Waals surface area contributed by atoms with Crippen molar-refractivity contribution < 1.29 is 50.9 Å². The molecule has 0 aromatic carbocycles. The number of carboxylic acid groups (broad SMARTS) is 2. The summed E-state index contributed by atoms with van der Waals surface area (Å²) in [4.78, 5) is 27.5. The highest BCUT2D eigenvalue weighted by Crippen LogP contribution is 2.35. The maximum absolute atomic E-state index is 10.6. The molecule has 0 bridgehead atoms. The standard InChI is InChI=1S/C18H23N3OS.2C2HF3O2/c1-13-5-6-15(23-13)9-21-10-16-14(12-22-17(16)11-21)8-20-18-4-2-3-7-19-18;2*3-2(4,5)1(6)7/h2-7,14,16-17H,8-12H2,1H3,(H,19,20);2*(H,6,7)/t14-,16+,17+;;/m0../s1. The van der Waals surface area contributed by atoms with Crippen LogP contribution in [-0.4, -0.2) is 76.7 Å². The quantitative estimate of drug-likeness (QED) is 0.468. The summed E-state index contributed by atoms with van der Waals surface area (Å²) in [6.45, 7) is 7.29. The van der Waals surface area contributed by atoms with Gasteiger partial charge in [-0.15, -0.1) is 11.3 Å². The number of pyridine rings is 1. The highest BCUT2D eigenvalue weighted by atomic mass is 32.1. The third-order valence-corrected chi connectivity index (χ3v) is 6.37. The van der Waals surface area contributed by atoms with Gasteiger partial charge in [0.05, 0.1) is 12.7 Å². The van der Waals surface area contributed by atoms with Gasteiger partial charge in [0.1, 0.15) is 5.82 Å². The molecule has 2 saturated heterocycles. The lowest BCUT2D eigenvalue weighted by atomic mass is 9.93. The molecule has 206 valence electrons. The zero-order valence-corrected chi connectivity index (χ0v) is 20.2. The number of hydrogen-bond acceptors (Lipinski definition) is 7. The first-order chi connectivity index (χ1) is 17.2. The molecule has 0 amide bonds. The van der Waals surface area contributed by atoms with E-state index in [2.05, 4.69) is 34.3 Å². The highest BCUT2D eigenvalue weighted by Gasteiger charge is 2.43. The number of ether oxygens (including phenoxy) is 1. The molecule has 37 heavy (non-hydrogen) atoms. The summed E-state index contributed by atoms with van der Waals surface area (Å²) in [6.07, 6.45) is -7.93. The first kappa shape index (κ1) is 30.3. The smallest absolute Gasteiger partial charge is 0.475 e. The van der Waals surface area contributed by atoms with Crippen LogP contribution in [0.25, 0.3) is 0 Å². The fourth-order valence-corrected chi connectivity index (χ4v) is 4.65. The molecule has 0 radical (unpaired) electrons. The largest absolute Gasteiger partial charge is 0.490 e. The van der Waals surface area contributed by atoms with Gasteiger partial charge in [-0.2, -0.15) is 26.3 Å². The molecule has 4 heterocycles. The molecule has 8 nitrogen and oxygen atoms in total. The lowest BCUT2D eigenvalue weighted by molar-refractivity contribution is -0.193. The van der Waals surface area contributed by atoms with Gasteiger partial charge in [0.15, 0.2) is 0 Å². The third-order valence-electron chi connectivity index (χ3n) is 5.39. The predicted molar refractivity (Wildman–Crippen MR) is 121 cm³/mol. The van der Waals surface area contributed by atoms with E-state index >= 15 is 0 Å². The topological polar surface area (TPSA) is 112 Å². The minimum Gasteiger partial charge on any atom is -0.475 e. The van der Waals surface area contributed by atoms with Gasteiger partial charge in [-0.3, -0.25) is 4.90 Å². The molecule has 0 aliphatic carbocycles. The Morgan fingerprint density at radius 1 is 1.08 bits per heavy atom. The molecule has 0 saturated carbocycles. The summed E-state index contributed by atoms with van der Waals surface area (Å²) >= 11 is 1.91. The molecule has 15 heteroatoms. The number of hydrogen-bond donors (Lipinski definition) is 3. The fraction of sp³-hybridized carbons (Fsp3) is 0.500. The molecular formula is C22H25F6N3O5S. The van der Waals surface area contributed by atoms with E-state index in [1.807, 2.05) is 35.7 Å². The van der Waals surface area contributed by atoms with E-state index in [1.54, 1.807) is 0 Å². The van der Waals surface area contributed by atoms with Crippen molar-refractivity contribution in [3.05, 3.63) is 46.3 Å². The number of anilines is 1. The third kappa shape index (κ3) is 10.2. The van der Waals surface area contributed by atoms with Crippen LogP contribution in [0.1, 0.15) is 9.75 Å². The maximum atomic E-state index is 10.6. The Morgan fingerprint density at radius 3 is 2.19 bits per heavy atom. The number of aliphatic carboxylic acids is 2. The molecule has 2 aliphatic heterocycles. The van der Waals surface area contributed by atoms with Crippen molar-refractivity contribution in [1.82, 2.24) is 9.88 Å². The van der Waals surface area contributed by atoms with Crippen molar-refractivity contribution in [2.75, 3.05) is 31.6 Å². The van der Waals surface area contributed by atoms with E-state index in [-0.39, 0.29) is 0 Å². The second kappa shape index (κ2) is 13.1. The van der Waals surface area contributed by atoms with Crippen LogP contribution >= 0.6 is 11.3 Å². The SMILES string of the molecule is Cc1ccc(CN2C[C@@H]3[C@@H](CNc4ccccn4)CO[C@@H]3C2)s1.O=C(O)C(F)(F)F.O=C(O)C(F)(F)F. The van der Waals surface area contributed by atoms with E-state index in [4.69, 9.17) is 24.5 Å². The zero-order valence-electron chi connectivity index (χ0n) is 19.4. The minimum absolute atomic E-state index is 0.409. The molecule has 2 aliphatic rings. The van der Waals surface area contributed by atoms with Crippen LogP contribution in [0.4, 0.5) is 32.2 Å². The van der Waals surface area contributed by atoms with Crippen LogP contribution < -0.4 is 5.32 Å². The summed E-state index contributed by atoms with van der Waals surface area (Å²) in [6, 6.07) is 10.5. The number of fused-ring (bicyclic) bond motifs is 1. The zero-order chi connectivity index (χ0) is 27.8. The van der Waals surface area contributed by atoms with Crippen LogP contribution in [0.3, 0.4) is 0 Å². The van der Waals surface area contributed by atoms with Crippen LogP contribution in [-0.2, 0) is 20.9 Å². The van der Waals surface area contributed by atoms with Crippen LogP contribution in [0.15, 0.2) is 36.5 Å². The van der Waals surface area contributed by atoms with Gasteiger partial charge < -0.3 is 20.3 Å². The van der Waals surface area contributed by atoms with E-state index in [1.165, 1.54) is 9.75 Å². The van der Waals surface area contributed by atoms with E-state index < -0.39 is 24.3 Å². The number of halogens is 6. The Hall–Kier alpha value is -2.91. The summed E-state index contributed by atoms with van der Waals surface area (Å²) < 4.78 is 69.5. The first-order valence-electron chi connectivity index (χ1n) is 10.8. The number of aromatic nitrogens is 1. The van der Waals surface area contributed by atoms with Gasteiger partial charge in [-0.25, -0.2) is 14.6 Å². The second-order valence-corrected chi connectivity index (χ2v) is 9.58. The minimum atomic E-state index is -5.08. The van der Waals surface area contributed by atoms with Crippen LogP contribution in [0, 0.1) is 18.8 Å². The number of thiophene rings is 1. The van der Waals surface area contributed by atoms with Gasteiger partial charge in [-0.1, -0.05) is 6.07 Å². The molecule has 2 fully saturated rings. The van der Waals surface area contributed by atoms with Gasteiger partial charge in [0.25, 0.3) is 0 Å². The van der Waals surface area contributed by atoms with Gasteiger partial charge in [0, 0.05) is 54.0 Å². The Morgan fingerprint density at radius 2 is 1.70 bits per heavy atom. The number of nitrogens with zero attached hydrogens (tertiary/aromatic N) is 2. The summed E-state index contributed by atoms with van der Waals surface area (Å²) in [7, 11) is 0. The van der Waals surface area contributed by atoms with Crippen molar-refractivity contribution in [3.63, 3.8) is 0 Å². The Labute approximate surface area is 211 Å². The van der Waals surface area contributed by atoms with Gasteiger partial charge in [-0.05, 0) is 31.2 Å². The molecule has 0 spiro atoms. The van der Waals surface area contributed by atoms with Crippen LogP contribution in [0.2, 0.25) is 0 Å². The van der Waals surface area contributed by atoms with Crippen molar-refractivity contribution in [3.8, 4) is 0 Å². The van der Waals surface area contributed by atoms with E-state index in [0.29, 0.717) is 17.9 Å². The van der Waals surface area contributed by atoms with Crippen molar-refractivity contribution in [1.29, 1.82) is 0 Å². The number of alkyl halides is 6. The number of aryl methyl sites for hydroxylation is 1. The molecular weight excluding hydrogens is 532 g/mol. The lowest BCUT2D eigenvalue weighted by Crippen LogP contribution is -2.27. The lowest BCUT2D eigenvalue weighted by Gasteiger charge is -2.19. The monoisotopic (exact) mass is 557 g/mol. The maximum Gasteiger partial charge on any atom is 0.490 e. The molecule has 0 unspecified atom stereocenters. The number of nitrogens with one attached hydrogen (secondary N) is 1. The van der Waals surface area contributed by atoms with Crippen LogP contribution in [0.5, 0.6) is 0 Å². The van der Waals surface area contributed by atoms with Gasteiger partial charge >= 0.3 is 24.3 Å².